The number of fused-ring (bicyclic) bond motifs is 1. The van der Waals surface area contributed by atoms with E-state index in [0.29, 0.717) is 23.3 Å². The van der Waals surface area contributed by atoms with Gasteiger partial charge in [-0.05, 0) is 32.1 Å². The van der Waals surface area contributed by atoms with Crippen molar-refractivity contribution in [3.8, 4) is 0 Å². The molecule has 0 bridgehead atoms. The van der Waals surface area contributed by atoms with Crippen molar-refractivity contribution in [2.24, 2.45) is 0 Å². The van der Waals surface area contributed by atoms with E-state index in [1.807, 2.05) is 19.2 Å². The number of likely N-dealkylation sites (N-methyl/N-ethyl adjacent to an activating group) is 1. The van der Waals surface area contributed by atoms with Crippen LogP contribution in [0.2, 0.25) is 0 Å². The van der Waals surface area contributed by atoms with Gasteiger partial charge in [-0.25, -0.2) is 0 Å². The zero-order chi connectivity index (χ0) is 13.4. The van der Waals surface area contributed by atoms with Gasteiger partial charge in [-0.1, -0.05) is 12.1 Å². The third-order valence-corrected chi connectivity index (χ3v) is 3.80. The topological polar surface area (TPSA) is 53.7 Å². The van der Waals surface area contributed by atoms with E-state index in [2.05, 4.69) is 4.90 Å². The van der Waals surface area contributed by atoms with Crippen LogP contribution in [-0.4, -0.2) is 36.2 Å². The molecule has 0 amide bonds. The van der Waals surface area contributed by atoms with Gasteiger partial charge in [-0.15, -0.1) is 0 Å². The number of hydrogen-bond acceptors (Lipinski definition) is 4. The lowest BCUT2D eigenvalue weighted by Gasteiger charge is -2.32. The average Bonchev–Trinajstić information content (AvgIpc) is 2.38. The molecule has 0 aliphatic carbocycles. The Morgan fingerprint density at radius 1 is 1.37 bits per heavy atom. The van der Waals surface area contributed by atoms with Crippen LogP contribution in [0.1, 0.15) is 18.1 Å². The van der Waals surface area contributed by atoms with Gasteiger partial charge in [-0.3, -0.25) is 4.79 Å². The number of rotatable bonds is 1. The molecule has 2 heterocycles. The largest absolute Gasteiger partial charge is 0.460 e. The molecule has 1 aromatic carbocycles. The predicted octanol–water partition coefficient (Wildman–Crippen LogP) is 1.57. The molecule has 1 N–H and O–H groups in total. The molecule has 1 aliphatic rings. The van der Waals surface area contributed by atoms with E-state index in [-0.39, 0.29) is 11.3 Å². The molecule has 1 aromatic heterocycles. The average molecular weight is 259 g/mol. The standard InChI is InChI=1S/C15H17NO3/c1-16-7-6-11(13(18)9-16)15-8-12(17)10-4-2-3-5-14(10)19-15/h2-5,8,11,13,18H,6-7,9H2,1H3. The zero-order valence-corrected chi connectivity index (χ0v) is 10.9. The lowest BCUT2D eigenvalue weighted by Crippen LogP contribution is -2.40. The number of β-amino-alcohol motifs (C(OH)–C–C–N with tert-alkyl or cyclic N) is 1. The zero-order valence-electron chi connectivity index (χ0n) is 10.9. The van der Waals surface area contributed by atoms with Gasteiger partial charge in [0, 0.05) is 18.5 Å². The van der Waals surface area contributed by atoms with E-state index < -0.39 is 6.10 Å². The monoisotopic (exact) mass is 259 g/mol. The fourth-order valence-electron chi connectivity index (χ4n) is 2.73. The summed E-state index contributed by atoms with van der Waals surface area (Å²) in [5.41, 5.74) is 0.555. The van der Waals surface area contributed by atoms with E-state index in [4.69, 9.17) is 4.42 Å². The Balaban J connectivity index is 2.04. The van der Waals surface area contributed by atoms with Gasteiger partial charge in [0.15, 0.2) is 5.43 Å². The Kier molecular flexibility index (Phi) is 3.12. The van der Waals surface area contributed by atoms with E-state index in [9.17, 15) is 9.90 Å². The Hall–Kier alpha value is -1.65. The molecular weight excluding hydrogens is 242 g/mol. The number of aliphatic hydroxyl groups excluding tert-OH is 1. The number of piperidine rings is 1. The third kappa shape index (κ3) is 2.29. The molecule has 19 heavy (non-hydrogen) atoms. The summed E-state index contributed by atoms with van der Waals surface area (Å²) >= 11 is 0. The van der Waals surface area contributed by atoms with Crippen LogP contribution >= 0.6 is 0 Å². The number of aliphatic hydroxyl groups is 1. The molecule has 0 radical (unpaired) electrons. The van der Waals surface area contributed by atoms with Crippen molar-refractivity contribution in [2.75, 3.05) is 20.1 Å². The highest BCUT2D eigenvalue weighted by Gasteiger charge is 2.29. The number of benzene rings is 1. The van der Waals surface area contributed by atoms with Gasteiger partial charge < -0.3 is 14.4 Å². The third-order valence-electron chi connectivity index (χ3n) is 3.80. The Labute approximate surface area is 111 Å². The molecule has 2 atom stereocenters. The molecule has 4 nitrogen and oxygen atoms in total. The lowest BCUT2D eigenvalue weighted by molar-refractivity contribution is 0.0565. The van der Waals surface area contributed by atoms with Gasteiger partial charge in [-0.2, -0.15) is 0 Å². The molecule has 1 saturated heterocycles. The summed E-state index contributed by atoms with van der Waals surface area (Å²) in [4.78, 5) is 14.1. The first-order valence-electron chi connectivity index (χ1n) is 6.54. The summed E-state index contributed by atoms with van der Waals surface area (Å²) in [6, 6.07) is 8.75. The smallest absolute Gasteiger partial charge is 0.192 e. The Morgan fingerprint density at radius 3 is 2.95 bits per heavy atom. The molecule has 0 spiro atoms. The van der Waals surface area contributed by atoms with Crippen LogP contribution in [-0.2, 0) is 0 Å². The van der Waals surface area contributed by atoms with Crippen LogP contribution in [0.25, 0.3) is 11.0 Å². The number of likely N-dealkylation sites (tertiary alicyclic amines) is 1. The van der Waals surface area contributed by atoms with Gasteiger partial charge in [0.25, 0.3) is 0 Å². The van der Waals surface area contributed by atoms with Crippen molar-refractivity contribution in [3.63, 3.8) is 0 Å². The fourth-order valence-corrected chi connectivity index (χ4v) is 2.73. The maximum absolute atomic E-state index is 12.1. The van der Waals surface area contributed by atoms with Crippen molar-refractivity contribution in [1.29, 1.82) is 0 Å². The van der Waals surface area contributed by atoms with Gasteiger partial charge >= 0.3 is 0 Å². The summed E-state index contributed by atoms with van der Waals surface area (Å²) in [6.45, 7) is 1.51. The summed E-state index contributed by atoms with van der Waals surface area (Å²) in [5.74, 6) is 0.512. The summed E-state index contributed by atoms with van der Waals surface area (Å²) in [6.07, 6.45) is 0.321. The lowest BCUT2D eigenvalue weighted by atomic mass is 9.91. The molecule has 2 unspecified atom stereocenters. The fraction of sp³-hybridized carbons (Fsp3) is 0.400. The molecule has 4 heteroatoms. The molecule has 3 rings (SSSR count). The number of nitrogens with zero attached hydrogens (tertiary/aromatic N) is 1. The predicted molar refractivity (Wildman–Crippen MR) is 73.3 cm³/mol. The summed E-state index contributed by atoms with van der Waals surface area (Å²) in [5, 5.41) is 10.7. The second-order valence-corrected chi connectivity index (χ2v) is 5.23. The van der Waals surface area contributed by atoms with Gasteiger partial charge in [0.1, 0.15) is 11.3 Å². The van der Waals surface area contributed by atoms with Crippen molar-refractivity contribution in [1.82, 2.24) is 4.90 Å². The van der Waals surface area contributed by atoms with E-state index in [0.717, 1.165) is 13.0 Å². The maximum atomic E-state index is 12.1. The maximum Gasteiger partial charge on any atom is 0.192 e. The Morgan fingerprint density at radius 2 is 2.16 bits per heavy atom. The van der Waals surface area contributed by atoms with E-state index in [1.54, 1.807) is 12.1 Å². The minimum Gasteiger partial charge on any atom is -0.460 e. The SMILES string of the molecule is CN1CCC(c2cc(=O)c3ccccc3o2)C(O)C1. The van der Waals surface area contributed by atoms with Crippen LogP contribution in [0.4, 0.5) is 0 Å². The second-order valence-electron chi connectivity index (χ2n) is 5.23. The van der Waals surface area contributed by atoms with Crippen LogP contribution < -0.4 is 5.43 Å². The molecule has 1 fully saturated rings. The van der Waals surface area contributed by atoms with Crippen molar-refractivity contribution < 1.29 is 9.52 Å². The minimum absolute atomic E-state index is 0.0389. The van der Waals surface area contributed by atoms with Crippen molar-refractivity contribution in [2.45, 2.75) is 18.4 Å². The quantitative estimate of drug-likeness (QED) is 0.844. The van der Waals surface area contributed by atoms with Crippen LogP contribution in [0.15, 0.2) is 39.5 Å². The molecule has 1 aliphatic heterocycles. The van der Waals surface area contributed by atoms with Gasteiger partial charge in [0.05, 0.1) is 11.5 Å². The molecule has 100 valence electrons. The highest BCUT2D eigenvalue weighted by Crippen LogP contribution is 2.28. The van der Waals surface area contributed by atoms with Crippen LogP contribution in [0.3, 0.4) is 0 Å². The Bertz CT molecular complexity index is 649. The molecule has 0 saturated carbocycles. The van der Waals surface area contributed by atoms with E-state index >= 15 is 0 Å². The molecule has 2 aromatic rings. The first-order valence-corrected chi connectivity index (χ1v) is 6.54. The summed E-state index contributed by atoms with van der Waals surface area (Å²) < 4.78 is 5.81. The highest BCUT2D eigenvalue weighted by atomic mass is 16.3. The number of hydrogen-bond donors (Lipinski definition) is 1. The van der Waals surface area contributed by atoms with E-state index in [1.165, 1.54) is 6.07 Å². The van der Waals surface area contributed by atoms with Crippen LogP contribution in [0, 0.1) is 0 Å². The minimum atomic E-state index is -0.483. The van der Waals surface area contributed by atoms with Gasteiger partial charge in [0.2, 0.25) is 0 Å². The highest BCUT2D eigenvalue weighted by molar-refractivity contribution is 5.76. The normalized spacial score (nSPS) is 24.7. The second kappa shape index (κ2) is 4.79. The first kappa shape index (κ1) is 12.4. The number of para-hydroxylation sites is 1. The van der Waals surface area contributed by atoms with Crippen molar-refractivity contribution >= 4 is 11.0 Å². The van der Waals surface area contributed by atoms with Crippen molar-refractivity contribution in [3.05, 3.63) is 46.3 Å². The molecular formula is C15H17NO3. The van der Waals surface area contributed by atoms with Crippen LogP contribution in [0.5, 0.6) is 0 Å². The first-order chi connectivity index (χ1) is 9.15. The summed E-state index contributed by atoms with van der Waals surface area (Å²) in [7, 11) is 1.98.